The molecule has 0 spiro atoms. The van der Waals surface area contributed by atoms with Gasteiger partial charge in [-0.25, -0.2) is 0 Å². The smallest absolute Gasteiger partial charge is 0.0718 e. The third-order valence-corrected chi connectivity index (χ3v) is 3.61. The summed E-state index contributed by atoms with van der Waals surface area (Å²) in [5.41, 5.74) is 1.41. The van der Waals surface area contributed by atoms with Gasteiger partial charge in [-0.3, -0.25) is 0 Å². The van der Waals surface area contributed by atoms with Crippen molar-refractivity contribution in [1.29, 1.82) is 0 Å². The number of carboxylic acids is 1. The van der Waals surface area contributed by atoms with Gasteiger partial charge in [-0.05, 0) is 23.3 Å². The lowest BCUT2D eigenvalue weighted by atomic mass is 9.76. The number of halogens is 1. The van der Waals surface area contributed by atoms with Crippen LogP contribution in [0.25, 0.3) is 0 Å². The summed E-state index contributed by atoms with van der Waals surface area (Å²) in [7, 11) is 0. The van der Waals surface area contributed by atoms with E-state index in [1.807, 2.05) is 44.2 Å². The third kappa shape index (κ3) is 2.64. The number of carbonyl (C=O) groups excluding carboxylic acids is 1. The second-order valence-electron chi connectivity index (χ2n) is 4.97. The molecule has 0 atom stereocenters. The highest BCUT2D eigenvalue weighted by atomic mass is 35.5. The molecule has 0 bridgehead atoms. The SMILES string of the molecule is CC(C)(c1ccccc1)c1cc(Cl)ccc1C(=O)[O-]. The van der Waals surface area contributed by atoms with Crippen molar-refractivity contribution in [3.63, 3.8) is 0 Å². The van der Waals surface area contributed by atoms with Crippen LogP contribution in [0.3, 0.4) is 0 Å². The second-order valence-corrected chi connectivity index (χ2v) is 5.40. The number of aromatic carboxylic acids is 1. The molecule has 2 aromatic carbocycles. The quantitative estimate of drug-likeness (QED) is 0.862. The molecule has 0 N–H and O–H groups in total. The van der Waals surface area contributed by atoms with Gasteiger partial charge in [-0.15, -0.1) is 0 Å². The van der Waals surface area contributed by atoms with Crippen LogP contribution in [-0.2, 0) is 5.41 Å². The molecule has 0 fully saturated rings. The van der Waals surface area contributed by atoms with Crippen LogP contribution in [0.4, 0.5) is 0 Å². The summed E-state index contributed by atoms with van der Waals surface area (Å²) in [6.45, 7) is 3.95. The molecular weight excluding hydrogens is 260 g/mol. The maximum atomic E-state index is 11.3. The van der Waals surface area contributed by atoms with E-state index < -0.39 is 11.4 Å². The molecule has 98 valence electrons. The lowest BCUT2D eigenvalue weighted by Crippen LogP contribution is -2.29. The van der Waals surface area contributed by atoms with Crippen LogP contribution in [0.2, 0.25) is 5.02 Å². The van der Waals surface area contributed by atoms with Crippen LogP contribution in [0.1, 0.15) is 35.3 Å². The van der Waals surface area contributed by atoms with E-state index in [1.165, 1.54) is 6.07 Å². The summed E-state index contributed by atoms with van der Waals surface area (Å²) in [4.78, 5) is 11.3. The fraction of sp³-hybridized carbons (Fsp3) is 0.188. The minimum Gasteiger partial charge on any atom is -0.545 e. The summed E-state index contributed by atoms with van der Waals surface area (Å²) in [6.07, 6.45) is 0. The van der Waals surface area contributed by atoms with Gasteiger partial charge in [0.05, 0.1) is 5.97 Å². The lowest BCUT2D eigenvalue weighted by Gasteiger charge is -2.29. The summed E-state index contributed by atoms with van der Waals surface area (Å²) in [5.74, 6) is -1.18. The molecule has 0 aliphatic rings. The van der Waals surface area contributed by atoms with Crippen LogP contribution in [-0.4, -0.2) is 5.97 Å². The summed E-state index contributed by atoms with van der Waals surface area (Å²) in [5, 5.41) is 11.8. The number of hydrogen-bond donors (Lipinski definition) is 0. The van der Waals surface area contributed by atoms with Gasteiger partial charge in [0.2, 0.25) is 0 Å². The van der Waals surface area contributed by atoms with E-state index in [4.69, 9.17) is 11.6 Å². The Balaban J connectivity index is 2.63. The van der Waals surface area contributed by atoms with Crippen LogP contribution in [0.5, 0.6) is 0 Å². The molecule has 0 aliphatic carbocycles. The first-order valence-corrected chi connectivity index (χ1v) is 6.37. The molecule has 0 saturated heterocycles. The number of carbonyl (C=O) groups is 1. The zero-order valence-electron chi connectivity index (χ0n) is 10.8. The van der Waals surface area contributed by atoms with Crippen molar-refractivity contribution in [2.75, 3.05) is 0 Å². The summed E-state index contributed by atoms with van der Waals surface area (Å²) < 4.78 is 0. The molecule has 2 nitrogen and oxygen atoms in total. The fourth-order valence-corrected chi connectivity index (χ4v) is 2.39. The van der Waals surface area contributed by atoms with Gasteiger partial charge >= 0.3 is 0 Å². The molecular formula is C16H14ClO2-. The normalized spacial score (nSPS) is 11.3. The van der Waals surface area contributed by atoms with E-state index in [0.717, 1.165) is 5.56 Å². The maximum absolute atomic E-state index is 11.3. The number of rotatable bonds is 3. The van der Waals surface area contributed by atoms with Crippen molar-refractivity contribution in [3.05, 3.63) is 70.2 Å². The zero-order chi connectivity index (χ0) is 14.0. The first kappa shape index (κ1) is 13.6. The van der Waals surface area contributed by atoms with Gasteiger partial charge < -0.3 is 9.90 Å². The molecule has 0 aromatic heterocycles. The molecule has 19 heavy (non-hydrogen) atoms. The predicted molar refractivity (Wildman–Crippen MR) is 74.4 cm³/mol. The highest BCUT2D eigenvalue weighted by Gasteiger charge is 2.26. The van der Waals surface area contributed by atoms with E-state index in [1.54, 1.807) is 12.1 Å². The lowest BCUT2D eigenvalue weighted by molar-refractivity contribution is -0.255. The first-order chi connectivity index (χ1) is 8.93. The van der Waals surface area contributed by atoms with Gasteiger partial charge in [-0.1, -0.05) is 61.8 Å². The minimum atomic E-state index is -1.18. The Morgan fingerprint density at radius 1 is 1.11 bits per heavy atom. The Labute approximate surface area is 117 Å². The monoisotopic (exact) mass is 273 g/mol. The van der Waals surface area contributed by atoms with Gasteiger partial charge in [0.1, 0.15) is 0 Å². The highest BCUT2D eigenvalue weighted by Crippen LogP contribution is 2.34. The molecule has 0 radical (unpaired) electrons. The van der Waals surface area contributed by atoms with Crippen molar-refractivity contribution in [2.45, 2.75) is 19.3 Å². The number of carboxylic acid groups (broad SMARTS) is 1. The summed E-state index contributed by atoms with van der Waals surface area (Å²) >= 11 is 6.00. The van der Waals surface area contributed by atoms with Crippen LogP contribution < -0.4 is 5.11 Å². The van der Waals surface area contributed by atoms with Crippen molar-refractivity contribution in [1.82, 2.24) is 0 Å². The van der Waals surface area contributed by atoms with Crippen molar-refractivity contribution < 1.29 is 9.90 Å². The van der Waals surface area contributed by atoms with Gasteiger partial charge in [0.25, 0.3) is 0 Å². The second kappa shape index (κ2) is 5.06. The topological polar surface area (TPSA) is 40.1 Å². The van der Waals surface area contributed by atoms with Gasteiger partial charge in [0, 0.05) is 16.0 Å². The van der Waals surface area contributed by atoms with E-state index in [-0.39, 0.29) is 5.56 Å². The molecule has 0 amide bonds. The number of benzene rings is 2. The Morgan fingerprint density at radius 2 is 1.74 bits per heavy atom. The third-order valence-electron chi connectivity index (χ3n) is 3.37. The van der Waals surface area contributed by atoms with E-state index in [9.17, 15) is 9.90 Å². The van der Waals surface area contributed by atoms with Crippen molar-refractivity contribution in [2.24, 2.45) is 0 Å². The Kier molecular flexibility index (Phi) is 3.63. The first-order valence-electron chi connectivity index (χ1n) is 6.00. The maximum Gasteiger partial charge on any atom is 0.0718 e. The van der Waals surface area contributed by atoms with Gasteiger partial charge in [0.15, 0.2) is 0 Å². The van der Waals surface area contributed by atoms with Crippen molar-refractivity contribution in [3.8, 4) is 0 Å². The Morgan fingerprint density at radius 3 is 2.32 bits per heavy atom. The van der Waals surface area contributed by atoms with Crippen LogP contribution in [0.15, 0.2) is 48.5 Å². The average molecular weight is 274 g/mol. The average Bonchev–Trinajstić information content (AvgIpc) is 2.39. The van der Waals surface area contributed by atoms with Crippen LogP contribution >= 0.6 is 11.6 Å². The minimum absolute atomic E-state index is 0.179. The Hall–Kier alpha value is -1.80. The van der Waals surface area contributed by atoms with Crippen LogP contribution in [0, 0.1) is 0 Å². The van der Waals surface area contributed by atoms with E-state index in [2.05, 4.69) is 0 Å². The Bertz CT molecular complexity index is 603. The van der Waals surface area contributed by atoms with Gasteiger partial charge in [-0.2, -0.15) is 0 Å². The largest absolute Gasteiger partial charge is 0.545 e. The van der Waals surface area contributed by atoms with E-state index >= 15 is 0 Å². The standard InChI is InChI=1S/C16H15ClO2/c1-16(2,11-6-4-3-5-7-11)14-10-12(17)8-9-13(14)15(18)19/h3-10H,1-2H3,(H,18,19)/p-1. The fourth-order valence-electron chi connectivity index (χ4n) is 2.22. The molecule has 0 unspecified atom stereocenters. The summed E-state index contributed by atoms with van der Waals surface area (Å²) in [6, 6.07) is 14.5. The highest BCUT2D eigenvalue weighted by molar-refractivity contribution is 6.30. The molecule has 3 heteroatoms. The number of hydrogen-bond acceptors (Lipinski definition) is 2. The van der Waals surface area contributed by atoms with Crippen molar-refractivity contribution >= 4 is 17.6 Å². The zero-order valence-corrected chi connectivity index (χ0v) is 11.6. The molecule has 2 aromatic rings. The molecule has 0 heterocycles. The van der Waals surface area contributed by atoms with E-state index in [0.29, 0.717) is 10.6 Å². The molecule has 2 rings (SSSR count). The molecule has 0 aliphatic heterocycles. The predicted octanol–water partition coefficient (Wildman–Crippen LogP) is 3.03. The molecule has 0 saturated carbocycles.